The van der Waals surface area contributed by atoms with E-state index in [0.717, 1.165) is 17.1 Å². The molecule has 0 saturated carbocycles. The first kappa shape index (κ1) is 22.0. The van der Waals surface area contributed by atoms with Crippen LogP contribution in [0.15, 0.2) is 30.3 Å². The van der Waals surface area contributed by atoms with Crippen LogP contribution in [0.2, 0.25) is 0 Å². The molecular formula is C20H26N2O5S2. The molecule has 0 bridgehead atoms. The van der Waals surface area contributed by atoms with Crippen LogP contribution in [0, 0.1) is 5.92 Å². The minimum absolute atomic E-state index is 0.158. The number of rotatable bonds is 9. The van der Waals surface area contributed by atoms with Gasteiger partial charge in [-0.1, -0.05) is 30.3 Å². The fourth-order valence-electron chi connectivity index (χ4n) is 3.80. The lowest BCUT2D eigenvalue weighted by atomic mass is 10.1. The number of carbonyl (C=O) groups is 3. The van der Waals surface area contributed by atoms with Gasteiger partial charge in [0.05, 0.1) is 11.1 Å². The monoisotopic (exact) mass is 438 g/mol. The fourth-order valence-corrected chi connectivity index (χ4v) is 6.94. The topological polar surface area (TPSA) is 107 Å². The number of nitrogens with zero attached hydrogens (tertiary/aromatic N) is 1. The highest BCUT2D eigenvalue weighted by Crippen LogP contribution is 2.42. The van der Waals surface area contributed by atoms with Crippen molar-refractivity contribution >= 4 is 41.4 Å². The van der Waals surface area contributed by atoms with Crippen LogP contribution in [0.5, 0.6) is 0 Å². The summed E-state index contributed by atoms with van der Waals surface area (Å²) in [6, 6.07) is 7.89. The summed E-state index contributed by atoms with van der Waals surface area (Å²) in [6.45, 7) is 0.247. The number of hydrogen-bond acceptors (Lipinski definition) is 6. The average molecular weight is 439 g/mol. The molecule has 158 valence electrons. The van der Waals surface area contributed by atoms with E-state index in [-0.39, 0.29) is 18.4 Å². The minimum atomic E-state index is -1.01. The Kier molecular flexibility index (Phi) is 7.85. The van der Waals surface area contributed by atoms with E-state index in [1.165, 1.54) is 4.90 Å². The van der Waals surface area contributed by atoms with Gasteiger partial charge in [0.25, 0.3) is 0 Å². The Hall–Kier alpha value is -1.71. The lowest BCUT2D eigenvalue weighted by Gasteiger charge is -2.23. The summed E-state index contributed by atoms with van der Waals surface area (Å²) in [7, 11) is 0. The van der Waals surface area contributed by atoms with Crippen molar-refractivity contribution in [1.29, 1.82) is 0 Å². The van der Waals surface area contributed by atoms with Crippen LogP contribution in [0.4, 0.5) is 0 Å². The third kappa shape index (κ3) is 5.90. The number of amides is 1. The minimum Gasteiger partial charge on any atom is -0.480 e. The Morgan fingerprint density at radius 3 is 2.45 bits per heavy atom. The summed E-state index contributed by atoms with van der Waals surface area (Å²) in [5, 5.41) is 21.8. The van der Waals surface area contributed by atoms with Gasteiger partial charge in [-0.05, 0) is 24.8 Å². The van der Waals surface area contributed by atoms with Gasteiger partial charge in [0.15, 0.2) is 0 Å². The second kappa shape index (κ2) is 10.4. The molecule has 0 aromatic heterocycles. The van der Waals surface area contributed by atoms with Gasteiger partial charge in [0.1, 0.15) is 12.1 Å². The highest BCUT2D eigenvalue weighted by Gasteiger charge is 2.43. The van der Waals surface area contributed by atoms with Crippen LogP contribution < -0.4 is 5.32 Å². The van der Waals surface area contributed by atoms with Gasteiger partial charge < -0.3 is 15.1 Å². The van der Waals surface area contributed by atoms with Crippen molar-refractivity contribution in [3.8, 4) is 0 Å². The quantitative estimate of drug-likeness (QED) is 0.536. The predicted molar refractivity (Wildman–Crippen MR) is 114 cm³/mol. The second-order valence-corrected chi connectivity index (χ2v) is 10.1. The summed E-state index contributed by atoms with van der Waals surface area (Å²) < 4.78 is 0.334. The Bertz CT molecular complexity index is 727. The largest absolute Gasteiger partial charge is 0.480 e. The maximum atomic E-state index is 12.7. The van der Waals surface area contributed by atoms with E-state index in [1.54, 1.807) is 0 Å². The van der Waals surface area contributed by atoms with Crippen molar-refractivity contribution in [3.05, 3.63) is 35.9 Å². The van der Waals surface area contributed by atoms with Gasteiger partial charge in [-0.2, -0.15) is 0 Å². The molecule has 1 aromatic rings. The number of thioether (sulfide) groups is 2. The summed E-state index contributed by atoms with van der Waals surface area (Å²) in [4.78, 5) is 37.4. The number of carboxylic acid groups (broad SMARTS) is 2. The Morgan fingerprint density at radius 2 is 1.83 bits per heavy atom. The van der Waals surface area contributed by atoms with E-state index in [9.17, 15) is 24.6 Å². The molecule has 3 N–H and O–H groups in total. The molecule has 9 heteroatoms. The van der Waals surface area contributed by atoms with E-state index in [4.69, 9.17) is 0 Å². The van der Waals surface area contributed by atoms with E-state index in [2.05, 4.69) is 5.32 Å². The zero-order chi connectivity index (χ0) is 20.8. The number of likely N-dealkylation sites (tertiary alicyclic amines) is 1. The van der Waals surface area contributed by atoms with Crippen LogP contribution in [0.3, 0.4) is 0 Å². The molecule has 2 aliphatic heterocycles. The van der Waals surface area contributed by atoms with Crippen LogP contribution in [0.25, 0.3) is 0 Å². The maximum Gasteiger partial charge on any atom is 0.326 e. The Balaban J connectivity index is 1.55. The fraction of sp³-hybridized carbons (Fsp3) is 0.550. The molecule has 2 heterocycles. The van der Waals surface area contributed by atoms with Gasteiger partial charge in [-0.25, -0.2) is 4.79 Å². The number of aryl methyl sites for hydroxylation is 1. The Labute approximate surface area is 178 Å². The molecular weight excluding hydrogens is 412 g/mol. The maximum absolute atomic E-state index is 12.7. The van der Waals surface area contributed by atoms with Gasteiger partial charge in [-0.3, -0.25) is 14.9 Å². The van der Waals surface area contributed by atoms with Gasteiger partial charge >= 0.3 is 11.9 Å². The predicted octanol–water partition coefficient (Wildman–Crippen LogP) is 1.77. The smallest absolute Gasteiger partial charge is 0.326 e. The van der Waals surface area contributed by atoms with Gasteiger partial charge in [0, 0.05) is 24.0 Å². The first-order chi connectivity index (χ1) is 14.0. The third-order valence-corrected chi connectivity index (χ3v) is 8.72. The van der Waals surface area contributed by atoms with Crippen molar-refractivity contribution in [2.45, 2.75) is 35.9 Å². The van der Waals surface area contributed by atoms with E-state index >= 15 is 0 Å². The number of aliphatic carboxylic acids is 2. The van der Waals surface area contributed by atoms with E-state index in [0.29, 0.717) is 30.4 Å². The number of nitrogens with one attached hydrogen (secondary N) is 1. The number of carboxylic acids is 2. The molecule has 2 saturated heterocycles. The summed E-state index contributed by atoms with van der Waals surface area (Å²) in [6.07, 6.45) is 1.40. The second-order valence-electron chi connectivity index (χ2n) is 7.30. The SMILES string of the molecule is O=C(O)[C@H](CCc1ccccc1)NCC(=O)N1C[C@@H](C2SCCS2)C[C@@H]1C(=O)O. The van der Waals surface area contributed by atoms with Crippen LogP contribution in [0.1, 0.15) is 18.4 Å². The zero-order valence-corrected chi connectivity index (χ0v) is 17.7. The van der Waals surface area contributed by atoms with E-state index in [1.807, 2.05) is 53.9 Å². The molecule has 3 atom stereocenters. The van der Waals surface area contributed by atoms with E-state index < -0.39 is 24.0 Å². The molecule has 7 nitrogen and oxygen atoms in total. The summed E-state index contributed by atoms with van der Waals surface area (Å²) in [5.41, 5.74) is 1.03. The standard InChI is InChI=1S/C20H26N2O5S2/c23-17(11-21-15(18(24)25)7-6-13-4-2-1-3-5-13)22-12-14(10-16(22)19(26)27)20-28-8-9-29-20/h1-5,14-16,20-21H,6-12H2,(H,24,25)(H,26,27)/t14-,15-,16+/m0/s1. The number of hydrogen-bond donors (Lipinski definition) is 3. The molecule has 2 aliphatic rings. The highest BCUT2D eigenvalue weighted by atomic mass is 32.2. The molecule has 1 amide bonds. The Morgan fingerprint density at radius 1 is 1.14 bits per heavy atom. The first-order valence-corrected chi connectivity index (χ1v) is 11.8. The molecule has 0 aliphatic carbocycles. The summed E-state index contributed by atoms with van der Waals surface area (Å²) in [5.74, 6) is -0.0827. The van der Waals surface area contributed by atoms with Crippen LogP contribution in [-0.2, 0) is 20.8 Å². The molecule has 0 unspecified atom stereocenters. The average Bonchev–Trinajstić information content (AvgIpc) is 3.38. The number of benzene rings is 1. The molecule has 0 spiro atoms. The molecule has 1 aromatic carbocycles. The molecule has 3 rings (SSSR count). The van der Waals surface area contributed by atoms with Crippen molar-refractivity contribution in [1.82, 2.24) is 10.2 Å². The number of carbonyl (C=O) groups excluding carboxylic acids is 1. The molecule has 0 radical (unpaired) electrons. The molecule has 2 fully saturated rings. The molecule has 29 heavy (non-hydrogen) atoms. The third-order valence-electron chi connectivity index (χ3n) is 5.33. The van der Waals surface area contributed by atoms with Crippen molar-refractivity contribution in [2.75, 3.05) is 24.6 Å². The first-order valence-electron chi connectivity index (χ1n) is 9.71. The van der Waals surface area contributed by atoms with Gasteiger partial charge in [-0.15, -0.1) is 23.5 Å². The van der Waals surface area contributed by atoms with Crippen LogP contribution >= 0.6 is 23.5 Å². The van der Waals surface area contributed by atoms with Crippen LogP contribution in [-0.4, -0.2) is 74.2 Å². The summed E-state index contributed by atoms with van der Waals surface area (Å²) >= 11 is 3.67. The van der Waals surface area contributed by atoms with Crippen molar-refractivity contribution in [2.24, 2.45) is 5.92 Å². The van der Waals surface area contributed by atoms with Crippen molar-refractivity contribution < 1.29 is 24.6 Å². The highest BCUT2D eigenvalue weighted by molar-refractivity contribution is 8.20. The lowest BCUT2D eigenvalue weighted by Crippen LogP contribution is -2.48. The normalized spacial score (nSPS) is 23.2. The van der Waals surface area contributed by atoms with Gasteiger partial charge in [0.2, 0.25) is 5.91 Å². The lowest BCUT2D eigenvalue weighted by molar-refractivity contribution is -0.148. The zero-order valence-electron chi connectivity index (χ0n) is 16.0. The van der Waals surface area contributed by atoms with Crippen molar-refractivity contribution in [3.63, 3.8) is 0 Å².